The number of carbonyl (C=O) groups is 1. The first-order valence-electron chi connectivity index (χ1n) is 12.0. The molecule has 5 heterocycles. The third kappa shape index (κ3) is 3.59. The molecule has 2 fully saturated rings. The Hall–Kier alpha value is -3.17. The number of amides is 1. The Morgan fingerprint density at radius 3 is 2.91 bits per heavy atom. The first kappa shape index (κ1) is 21.4. The van der Waals surface area contributed by atoms with E-state index in [0.29, 0.717) is 30.3 Å². The topological polar surface area (TPSA) is 84.2 Å². The van der Waals surface area contributed by atoms with E-state index in [4.69, 9.17) is 9.47 Å². The van der Waals surface area contributed by atoms with E-state index >= 15 is 0 Å². The average Bonchev–Trinajstić information content (AvgIpc) is 3.44. The van der Waals surface area contributed by atoms with E-state index in [1.807, 2.05) is 0 Å². The molecule has 3 aliphatic heterocycles. The van der Waals surface area contributed by atoms with Crippen molar-refractivity contribution < 1.29 is 14.3 Å². The molecule has 2 atom stereocenters. The Morgan fingerprint density at radius 1 is 1.24 bits per heavy atom. The van der Waals surface area contributed by atoms with E-state index in [1.54, 1.807) is 29.2 Å². The minimum Gasteiger partial charge on any atom is -0.486 e. The summed E-state index contributed by atoms with van der Waals surface area (Å²) in [6, 6.07) is 6.01. The molecule has 0 saturated carbocycles. The van der Waals surface area contributed by atoms with Crippen molar-refractivity contribution in [2.24, 2.45) is 5.92 Å². The van der Waals surface area contributed by atoms with E-state index < -0.39 is 0 Å². The first-order valence-corrected chi connectivity index (χ1v) is 12.0. The lowest BCUT2D eigenvalue weighted by Crippen LogP contribution is -2.52. The summed E-state index contributed by atoms with van der Waals surface area (Å²) >= 11 is 0. The van der Waals surface area contributed by atoms with Crippen LogP contribution in [0.4, 0.5) is 11.4 Å². The lowest BCUT2D eigenvalue weighted by atomic mass is 9.79. The van der Waals surface area contributed by atoms with Gasteiger partial charge in [0.05, 0.1) is 30.8 Å². The number of nitrogens with one attached hydrogen (secondary N) is 1. The van der Waals surface area contributed by atoms with Crippen LogP contribution >= 0.6 is 0 Å². The molecule has 1 N–H and O–H groups in total. The van der Waals surface area contributed by atoms with Gasteiger partial charge in [-0.25, -0.2) is 9.50 Å². The summed E-state index contributed by atoms with van der Waals surface area (Å²) in [4.78, 5) is 22.3. The average molecular weight is 463 g/mol. The Kier molecular flexibility index (Phi) is 5.18. The summed E-state index contributed by atoms with van der Waals surface area (Å²) in [5.41, 5.74) is 3.73. The van der Waals surface area contributed by atoms with Gasteiger partial charge < -0.3 is 24.6 Å². The van der Waals surface area contributed by atoms with Crippen molar-refractivity contribution in [2.45, 2.75) is 25.4 Å². The molecule has 0 aliphatic carbocycles. The maximum Gasteiger partial charge on any atom is 0.261 e. The molecule has 34 heavy (non-hydrogen) atoms. The number of hydrogen-bond acceptors (Lipinski definition) is 7. The third-order valence-corrected chi connectivity index (χ3v) is 7.51. The Bertz CT molecular complexity index is 1240. The van der Waals surface area contributed by atoms with Gasteiger partial charge in [0.15, 0.2) is 5.65 Å². The minimum absolute atomic E-state index is 0.174. The number of likely N-dealkylation sites (tertiary alicyclic amines) is 1. The van der Waals surface area contributed by atoms with Gasteiger partial charge in [0.25, 0.3) is 5.91 Å². The predicted octanol–water partition coefficient (Wildman–Crippen LogP) is 2.46. The van der Waals surface area contributed by atoms with Crippen molar-refractivity contribution >= 4 is 22.9 Å². The smallest absolute Gasteiger partial charge is 0.261 e. The fourth-order valence-electron chi connectivity index (χ4n) is 5.53. The van der Waals surface area contributed by atoms with E-state index in [2.05, 4.69) is 51.3 Å². The van der Waals surface area contributed by atoms with E-state index in [1.165, 1.54) is 0 Å². The second-order valence-electron chi connectivity index (χ2n) is 9.73. The molecule has 1 spiro atoms. The van der Waals surface area contributed by atoms with Crippen LogP contribution in [0.5, 0.6) is 5.75 Å². The van der Waals surface area contributed by atoms with Crippen molar-refractivity contribution in [3.63, 3.8) is 0 Å². The van der Waals surface area contributed by atoms with Crippen LogP contribution in [0.1, 0.15) is 29.3 Å². The van der Waals surface area contributed by atoms with Crippen LogP contribution in [0.3, 0.4) is 0 Å². The van der Waals surface area contributed by atoms with Crippen LogP contribution in [0.2, 0.25) is 0 Å². The van der Waals surface area contributed by atoms with Crippen molar-refractivity contribution in [1.29, 1.82) is 0 Å². The van der Waals surface area contributed by atoms with Gasteiger partial charge >= 0.3 is 0 Å². The van der Waals surface area contributed by atoms with Crippen LogP contribution in [-0.4, -0.2) is 77.4 Å². The van der Waals surface area contributed by atoms with Crippen LogP contribution in [0.25, 0.3) is 5.65 Å². The molecule has 9 heteroatoms. The van der Waals surface area contributed by atoms with Gasteiger partial charge in [-0.05, 0) is 19.2 Å². The van der Waals surface area contributed by atoms with Crippen molar-refractivity contribution in [3.8, 4) is 5.75 Å². The zero-order valence-corrected chi connectivity index (χ0v) is 19.7. The maximum atomic E-state index is 13.3. The van der Waals surface area contributed by atoms with E-state index in [-0.39, 0.29) is 11.5 Å². The van der Waals surface area contributed by atoms with Gasteiger partial charge in [0.1, 0.15) is 16.9 Å². The summed E-state index contributed by atoms with van der Waals surface area (Å²) in [6.07, 6.45) is 6.89. The van der Waals surface area contributed by atoms with Crippen LogP contribution in [0.15, 0.2) is 36.8 Å². The lowest BCUT2D eigenvalue weighted by Gasteiger charge is -2.42. The number of hydrogen-bond donors (Lipinski definition) is 1. The fraction of sp³-hybridized carbons (Fsp3) is 0.480. The highest BCUT2D eigenvalue weighted by Gasteiger charge is 2.47. The van der Waals surface area contributed by atoms with Crippen LogP contribution < -0.4 is 15.0 Å². The number of benzene rings is 1. The normalized spacial score (nSPS) is 24.9. The number of piperidine rings is 1. The summed E-state index contributed by atoms with van der Waals surface area (Å²) in [5.74, 6) is 1.14. The molecule has 3 aromatic rings. The van der Waals surface area contributed by atoms with Gasteiger partial charge in [-0.1, -0.05) is 6.92 Å². The molecule has 2 aromatic heterocycles. The monoisotopic (exact) mass is 462 g/mol. The maximum absolute atomic E-state index is 13.3. The third-order valence-electron chi connectivity index (χ3n) is 7.51. The van der Waals surface area contributed by atoms with Crippen LogP contribution in [0, 0.1) is 5.92 Å². The number of rotatable bonds is 3. The van der Waals surface area contributed by atoms with E-state index in [0.717, 1.165) is 61.7 Å². The summed E-state index contributed by atoms with van der Waals surface area (Å²) in [7, 11) is 2.17. The number of carbonyl (C=O) groups excluding carboxylic acids is 1. The molecule has 2 unspecified atom stereocenters. The molecule has 1 aromatic carbocycles. The molecule has 2 saturated heterocycles. The fourth-order valence-corrected chi connectivity index (χ4v) is 5.53. The molecule has 1 amide bonds. The molecule has 0 radical (unpaired) electrons. The van der Waals surface area contributed by atoms with Gasteiger partial charge in [-0.3, -0.25) is 4.79 Å². The lowest BCUT2D eigenvalue weighted by molar-refractivity contribution is -0.0212. The first-order chi connectivity index (χ1) is 16.5. The minimum atomic E-state index is -0.218. The highest BCUT2D eigenvalue weighted by Crippen LogP contribution is 2.47. The molecule has 6 rings (SSSR count). The molecule has 0 bridgehead atoms. The van der Waals surface area contributed by atoms with Crippen LogP contribution in [-0.2, 0) is 11.2 Å². The van der Waals surface area contributed by atoms with Crippen molar-refractivity contribution in [3.05, 3.63) is 47.9 Å². The van der Waals surface area contributed by atoms with Gasteiger partial charge in [0.2, 0.25) is 0 Å². The number of fused-ring (bicyclic) bond motifs is 2. The quantitative estimate of drug-likeness (QED) is 0.640. The predicted molar refractivity (Wildman–Crippen MR) is 129 cm³/mol. The number of morpholine rings is 1. The summed E-state index contributed by atoms with van der Waals surface area (Å²) < 4.78 is 13.9. The zero-order valence-electron chi connectivity index (χ0n) is 19.7. The second-order valence-corrected chi connectivity index (χ2v) is 9.73. The van der Waals surface area contributed by atoms with Crippen molar-refractivity contribution in [1.82, 2.24) is 19.5 Å². The van der Waals surface area contributed by atoms with Gasteiger partial charge in [0, 0.05) is 69.0 Å². The standard InChI is InChI=1S/C25H30N6O3/c1-17-16-29(2)7-4-25(17)14-18-12-20(21(13-22(18)34-25)30-8-10-33-11-9-30)28-24(32)19-15-27-31-6-3-5-26-23(19)31/h3,5-6,12-13,15,17H,4,7-11,14,16H2,1-2H3,(H,28,32). The molecular weight excluding hydrogens is 432 g/mol. The zero-order chi connectivity index (χ0) is 23.3. The van der Waals surface area contributed by atoms with Crippen molar-refractivity contribution in [2.75, 3.05) is 56.7 Å². The highest BCUT2D eigenvalue weighted by atomic mass is 16.5. The molecule has 9 nitrogen and oxygen atoms in total. The Labute approximate surface area is 198 Å². The Morgan fingerprint density at radius 2 is 2.09 bits per heavy atom. The second kappa shape index (κ2) is 8.25. The molecule has 178 valence electrons. The summed E-state index contributed by atoms with van der Waals surface area (Å²) in [5, 5.41) is 7.43. The largest absolute Gasteiger partial charge is 0.486 e. The Balaban J connectivity index is 1.35. The molecule has 3 aliphatic rings. The SMILES string of the molecule is CC1CN(C)CCC12Cc1cc(NC(=O)c3cnn4cccnc34)c(N3CCOCC3)cc1O2. The number of anilines is 2. The van der Waals surface area contributed by atoms with Gasteiger partial charge in [-0.2, -0.15) is 5.10 Å². The molecular formula is C25H30N6O3. The van der Waals surface area contributed by atoms with Gasteiger partial charge in [-0.15, -0.1) is 0 Å². The van der Waals surface area contributed by atoms with E-state index in [9.17, 15) is 4.79 Å². The number of nitrogens with zero attached hydrogens (tertiary/aromatic N) is 5. The number of aromatic nitrogens is 3. The highest BCUT2D eigenvalue weighted by molar-refractivity contribution is 6.09. The summed E-state index contributed by atoms with van der Waals surface area (Å²) in [6.45, 7) is 7.20. The number of ether oxygens (including phenoxy) is 2.